The topological polar surface area (TPSA) is 72.5 Å². The number of aryl methyl sites for hydroxylation is 1. The van der Waals surface area contributed by atoms with Crippen LogP contribution in [0.15, 0.2) is 54.7 Å². The number of carbonyl (C=O) groups is 1. The van der Waals surface area contributed by atoms with Gasteiger partial charge in [-0.15, -0.1) is 0 Å². The summed E-state index contributed by atoms with van der Waals surface area (Å²) in [4.78, 5) is 16.7. The van der Waals surface area contributed by atoms with Gasteiger partial charge >= 0.3 is 0 Å². The van der Waals surface area contributed by atoms with E-state index in [2.05, 4.69) is 15.6 Å². The quantitative estimate of drug-likeness (QED) is 0.681. The molecule has 1 aromatic heterocycles. The van der Waals surface area contributed by atoms with Gasteiger partial charge in [0.1, 0.15) is 5.82 Å². The molecule has 2 N–H and O–H groups in total. The molecule has 3 aromatic rings. The van der Waals surface area contributed by atoms with Gasteiger partial charge < -0.3 is 20.1 Å². The first-order valence-electron chi connectivity index (χ1n) is 8.29. The largest absolute Gasteiger partial charge is 0.454 e. The van der Waals surface area contributed by atoms with E-state index in [1.165, 1.54) is 0 Å². The van der Waals surface area contributed by atoms with Crippen LogP contribution in [0.4, 0.5) is 17.2 Å². The maximum atomic E-state index is 12.4. The van der Waals surface area contributed by atoms with E-state index in [9.17, 15) is 4.79 Å². The molecular weight excluding hydrogens is 366 g/mol. The smallest absolute Gasteiger partial charge is 0.256 e. The third-order valence-corrected chi connectivity index (χ3v) is 4.35. The molecule has 2 heterocycles. The fourth-order valence-corrected chi connectivity index (χ4v) is 2.82. The molecule has 136 valence electrons. The molecule has 0 radical (unpaired) electrons. The summed E-state index contributed by atoms with van der Waals surface area (Å²) in [6, 6.07) is 14.2. The number of carbonyl (C=O) groups excluding carboxylic acids is 1. The first-order chi connectivity index (χ1) is 13.1. The number of rotatable bonds is 4. The maximum absolute atomic E-state index is 12.4. The second kappa shape index (κ2) is 7.17. The minimum atomic E-state index is -0.271. The van der Waals surface area contributed by atoms with Crippen molar-refractivity contribution in [1.82, 2.24) is 4.98 Å². The van der Waals surface area contributed by atoms with Gasteiger partial charge in [-0.05, 0) is 55.0 Å². The number of halogens is 1. The molecule has 1 aliphatic heterocycles. The second-order valence-electron chi connectivity index (χ2n) is 6.04. The zero-order valence-corrected chi connectivity index (χ0v) is 15.2. The Balaban J connectivity index is 1.44. The zero-order chi connectivity index (χ0) is 18.8. The molecule has 0 spiro atoms. The summed E-state index contributed by atoms with van der Waals surface area (Å²) in [5, 5.41) is 6.69. The van der Waals surface area contributed by atoms with Crippen LogP contribution in [-0.4, -0.2) is 17.7 Å². The van der Waals surface area contributed by atoms with E-state index in [0.29, 0.717) is 27.9 Å². The summed E-state index contributed by atoms with van der Waals surface area (Å²) >= 11 is 6.04. The van der Waals surface area contributed by atoms with Gasteiger partial charge in [0.15, 0.2) is 11.5 Å². The summed E-state index contributed by atoms with van der Waals surface area (Å²) in [5.41, 5.74) is 3.24. The molecule has 2 aromatic carbocycles. The Labute approximate surface area is 161 Å². The van der Waals surface area contributed by atoms with Gasteiger partial charge in [0.25, 0.3) is 5.91 Å². The predicted molar refractivity (Wildman–Crippen MR) is 104 cm³/mol. The van der Waals surface area contributed by atoms with Crippen molar-refractivity contribution < 1.29 is 14.3 Å². The van der Waals surface area contributed by atoms with E-state index in [1.54, 1.807) is 30.5 Å². The Morgan fingerprint density at radius 1 is 1.07 bits per heavy atom. The molecule has 7 heteroatoms. The minimum Gasteiger partial charge on any atom is -0.454 e. The third kappa shape index (κ3) is 3.80. The average molecular weight is 382 g/mol. The van der Waals surface area contributed by atoms with Crippen molar-refractivity contribution in [3.05, 3.63) is 70.9 Å². The normalized spacial score (nSPS) is 11.9. The van der Waals surface area contributed by atoms with E-state index in [-0.39, 0.29) is 12.7 Å². The van der Waals surface area contributed by atoms with Gasteiger partial charge in [0.05, 0.1) is 11.9 Å². The van der Waals surface area contributed by atoms with Crippen LogP contribution in [0.1, 0.15) is 15.9 Å². The Hall–Kier alpha value is -3.25. The first-order valence-corrected chi connectivity index (χ1v) is 8.66. The Kier molecular flexibility index (Phi) is 4.56. The minimum absolute atomic E-state index is 0.169. The lowest BCUT2D eigenvalue weighted by atomic mass is 10.2. The molecule has 1 aliphatic rings. The maximum Gasteiger partial charge on any atom is 0.256 e. The summed E-state index contributed by atoms with van der Waals surface area (Å²) in [6.07, 6.45) is 1.65. The van der Waals surface area contributed by atoms with Crippen molar-refractivity contribution in [1.29, 1.82) is 0 Å². The van der Waals surface area contributed by atoms with Gasteiger partial charge in [-0.25, -0.2) is 4.98 Å². The van der Waals surface area contributed by atoms with Gasteiger partial charge in [0.2, 0.25) is 6.79 Å². The van der Waals surface area contributed by atoms with Gasteiger partial charge in [0, 0.05) is 16.3 Å². The van der Waals surface area contributed by atoms with E-state index >= 15 is 0 Å². The summed E-state index contributed by atoms with van der Waals surface area (Å²) < 4.78 is 10.5. The van der Waals surface area contributed by atoms with E-state index in [0.717, 1.165) is 16.9 Å². The molecule has 4 rings (SSSR count). The van der Waals surface area contributed by atoms with Crippen molar-refractivity contribution in [3.63, 3.8) is 0 Å². The molecule has 0 saturated carbocycles. The molecule has 27 heavy (non-hydrogen) atoms. The number of pyridine rings is 1. The van der Waals surface area contributed by atoms with Crippen molar-refractivity contribution in [2.75, 3.05) is 17.4 Å². The molecule has 0 saturated heterocycles. The number of fused-ring (bicyclic) bond motifs is 1. The number of amides is 1. The fraction of sp³-hybridized carbons (Fsp3) is 0.100. The van der Waals surface area contributed by atoms with Crippen LogP contribution in [0, 0.1) is 6.92 Å². The van der Waals surface area contributed by atoms with Crippen molar-refractivity contribution in [2.45, 2.75) is 6.92 Å². The fourth-order valence-electron chi connectivity index (χ4n) is 2.65. The Bertz CT molecular complexity index is 1010. The lowest BCUT2D eigenvalue weighted by Gasteiger charge is -2.11. The van der Waals surface area contributed by atoms with Crippen LogP contribution in [0.2, 0.25) is 5.02 Å². The highest BCUT2D eigenvalue weighted by molar-refractivity contribution is 6.30. The highest BCUT2D eigenvalue weighted by Crippen LogP contribution is 2.32. The lowest BCUT2D eigenvalue weighted by Crippen LogP contribution is -2.12. The molecule has 0 bridgehead atoms. The number of hydrogen-bond donors (Lipinski definition) is 2. The van der Waals surface area contributed by atoms with E-state index in [4.69, 9.17) is 21.1 Å². The zero-order valence-electron chi connectivity index (χ0n) is 14.5. The van der Waals surface area contributed by atoms with Crippen LogP contribution in [0.3, 0.4) is 0 Å². The van der Waals surface area contributed by atoms with Crippen LogP contribution >= 0.6 is 11.6 Å². The number of benzene rings is 2. The van der Waals surface area contributed by atoms with Crippen molar-refractivity contribution >= 4 is 34.7 Å². The lowest BCUT2D eigenvalue weighted by molar-refractivity contribution is 0.102. The number of nitrogens with one attached hydrogen (secondary N) is 2. The highest BCUT2D eigenvalue weighted by Gasteiger charge is 2.16. The van der Waals surface area contributed by atoms with Crippen LogP contribution in [0.25, 0.3) is 0 Å². The molecular formula is C20H16ClN3O3. The summed E-state index contributed by atoms with van der Waals surface area (Å²) in [6.45, 7) is 2.16. The predicted octanol–water partition coefficient (Wildman–Crippen LogP) is 4.77. The number of hydrogen-bond acceptors (Lipinski definition) is 5. The molecule has 0 aliphatic carbocycles. The van der Waals surface area contributed by atoms with E-state index in [1.807, 2.05) is 31.2 Å². The molecule has 6 nitrogen and oxygen atoms in total. The molecule has 0 unspecified atom stereocenters. The number of nitrogens with zero attached hydrogens (tertiary/aromatic N) is 1. The van der Waals surface area contributed by atoms with E-state index < -0.39 is 0 Å². The third-order valence-electron chi connectivity index (χ3n) is 4.12. The number of aromatic nitrogens is 1. The average Bonchev–Trinajstić information content (AvgIpc) is 3.14. The Morgan fingerprint density at radius 3 is 2.74 bits per heavy atom. The SMILES string of the molecule is Cc1ccc(Cl)cc1Nc1ccc(NC(=O)c2ccc3c(c2)OCO3)nc1. The van der Waals surface area contributed by atoms with Crippen LogP contribution in [0.5, 0.6) is 11.5 Å². The molecule has 0 atom stereocenters. The summed E-state index contributed by atoms with van der Waals surface area (Å²) in [7, 11) is 0. The molecule has 0 fully saturated rings. The number of ether oxygens (including phenoxy) is 2. The summed E-state index contributed by atoms with van der Waals surface area (Å²) in [5.74, 6) is 1.38. The van der Waals surface area contributed by atoms with Gasteiger partial charge in [-0.2, -0.15) is 0 Å². The van der Waals surface area contributed by atoms with Crippen molar-refractivity contribution in [3.8, 4) is 11.5 Å². The number of anilines is 3. The Morgan fingerprint density at radius 2 is 1.93 bits per heavy atom. The highest BCUT2D eigenvalue weighted by atomic mass is 35.5. The van der Waals surface area contributed by atoms with Gasteiger partial charge in [-0.3, -0.25) is 4.79 Å². The first kappa shape index (κ1) is 17.2. The molecule has 1 amide bonds. The standard InChI is InChI=1S/C20H16ClN3O3/c1-12-2-4-14(21)9-16(12)23-15-5-7-19(22-10-15)24-20(25)13-3-6-17-18(8-13)27-11-26-17/h2-10,23H,11H2,1H3,(H,22,24,25). The monoisotopic (exact) mass is 381 g/mol. The van der Waals surface area contributed by atoms with Crippen LogP contribution < -0.4 is 20.1 Å². The second-order valence-corrected chi connectivity index (χ2v) is 6.47. The van der Waals surface area contributed by atoms with Crippen LogP contribution in [-0.2, 0) is 0 Å². The van der Waals surface area contributed by atoms with Crippen molar-refractivity contribution in [2.24, 2.45) is 0 Å². The van der Waals surface area contributed by atoms with Gasteiger partial charge in [-0.1, -0.05) is 17.7 Å².